The number of halogens is 12. The smallest absolute Gasteiger partial charge is 0.497 e. The molecule has 2 fully saturated rings. The number of nitrogens with zero attached hydrogens (tertiary/aromatic N) is 10. The zero-order chi connectivity index (χ0) is 65.4. The van der Waals surface area contributed by atoms with Gasteiger partial charge in [0.1, 0.15) is 34.1 Å². The lowest BCUT2D eigenvalue weighted by Gasteiger charge is -2.43. The van der Waals surface area contributed by atoms with Crippen LogP contribution in [-0.2, 0) is 12.4 Å². The minimum absolute atomic E-state index is 0.0235. The third-order valence-electron chi connectivity index (χ3n) is 15.6. The molecule has 0 bridgehead atoms. The Labute approximate surface area is 505 Å². The van der Waals surface area contributed by atoms with Gasteiger partial charge in [-0.25, -0.2) is 19.0 Å². The fraction of sp³-hybridized carbons (Fsp3) is 0.367. The molecule has 0 spiro atoms. The quantitative estimate of drug-likeness (QED) is 0.0980. The number of fused-ring (bicyclic) bond motifs is 2. The Morgan fingerprint density at radius 1 is 0.533 bits per heavy atom. The van der Waals surface area contributed by atoms with Gasteiger partial charge < -0.3 is 39.0 Å². The van der Waals surface area contributed by atoms with E-state index in [-0.39, 0.29) is 95.3 Å². The van der Waals surface area contributed by atoms with Crippen molar-refractivity contribution in [1.82, 2.24) is 48.8 Å². The predicted molar refractivity (Wildman–Crippen MR) is 299 cm³/mol. The molecule has 2 aliphatic rings. The highest BCUT2D eigenvalue weighted by Crippen LogP contribution is 2.41. The van der Waals surface area contributed by atoms with Crippen molar-refractivity contribution >= 4 is 23.1 Å². The Morgan fingerprint density at radius 3 is 1.18 bits per heavy atom. The number of ether oxygens (including phenoxy) is 4. The minimum Gasteiger partial charge on any atom is -0.497 e. The molecule has 2 aliphatic heterocycles. The first-order valence-electron chi connectivity index (χ1n) is 27.7. The SMILES string of the molecule is COc1ccc(-c2nc3c(C(=O)N4CCN([C@@H](CO)c5ccccc5OC(F)(F)F)C[C@H]4C)cnn3c(C(F)(F)F)c2C)cc1.COc1ccc(-c2nc3c(C(=O)N4CCN([C@H](CO)c5ccccc5OC(F)(F)F)C[C@H]4C)cnn3c(C(F)(F)F)c2C)cc1. The summed E-state index contributed by atoms with van der Waals surface area (Å²) in [6.45, 7) is 5.66. The standard InChI is InChI=1S/2C30H29F6N5O4/c2*1-17-15-39(23(16-42)21-6-4-5-7-24(21)45-30(34,35)36)12-13-40(17)28(43)22-14-37-41-26(29(31,32)33)18(2)25(38-27(22)41)19-8-10-20(44-3)11-9-19/h2*4-11,14,17,23,42H,12-13,15-16H2,1-3H3/t17-,23+;17-,23-/m11/s1. The number of alkyl halides is 12. The van der Waals surface area contributed by atoms with E-state index in [0.29, 0.717) is 31.7 Å². The number of hydrogen-bond donors (Lipinski definition) is 2. The van der Waals surface area contributed by atoms with Crippen molar-refractivity contribution in [3.8, 4) is 45.5 Å². The number of aliphatic hydroxyl groups is 2. The van der Waals surface area contributed by atoms with Crippen LogP contribution in [0.25, 0.3) is 33.8 Å². The topological polar surface area (TPSA) is 185 Å². The lowest BCUT2D eigenvalue weighted by atomic mass is 10.0. The highest BCUT2D eigenvalue weighted by Gasteiger charge is 2.43. The van der Waals surface area contributed by atoms with E-state index in [1.807, 2.05) is 0 Å². The van der Waals surface area contributed by atoms with Gasteiger partial charge >= 0.3 is 25.1 Å². The molecule has 30 heteroatoms. The van der Waals surface area contributed by atoms with Crippen LogP contribution in [0.4, 0.5) is 52.7 Å². The molecule has 480 valence electrons. The second kappa shape index (κ2) is 26.0. The summed E-state index contributed by atoms with van der Waals surface area (Å²) in [4.78, 5) is 42.9. The molecule has 0 saturated carbocycles. The summed E-state index contributed by atoms with van der Waals surface area (Å²) in [5.41, 5.74) is -2.25. The maximum Gasteiger partial charge on any atom is 0.573 e. The van der Waals surface area contributed by atoms with Crippen molar-refractivity contribution in [1.29, 1.82) is 0 Å². The highest BCUT2D eigenvalue weighted by molar-refractivity contribution is 6.01. The van der Waals surface area contributed by atoms with Crippen LogP contribution in [0, 0.1) is 13.8 Å². The molecule has 0 radical (unpaired) electrons. The van der Waals surface area contributed by atoms with E-state index in [1.165, 1.54) is 74.3 Å². The van der Waals surface area contributed by atoms with Crippen LogP contribution in [0.2, 0.25) is 0 Å². The number of piperazine rings is 2. The Bertz CT molecular complexity index is 3630. The summed E-state index contributed by atoms with van der Waals surface area (Å²) in [5, 5.41) is 28.1. The summed E-state index contributed by atoms with van der Waals surface area (Å²) in [6.07, 6.45) is -17.4. The summed E-state index contributed by atoms with van der Waals surface area (Å²) in [7, 11) is 2.92. The largest absolute Gasteiger partial charge is 0.573 e. The molecule has 2 amide bonds. The molecule has 0 aliphatic carbocycles. The fourth-order valence-corrected chi connectivity index (χ4v) is 11.4. The number of aliphatic hydroxyl groups excluding tert-OH is 2. The van der Waals surface area contributed by atoms with E-state index < -0.39 is 97.2 Å². The summed E-state index contributed by atoms with van der Waals surface area (Å²) in [6, 6.07) is 20.8. The number of hydrogen-bond acceptors (Lipinski definition) is 14. The molecule has 4 aromatic heterocycles. The van der Waals surface area contributed by atoms with Crippen LogP contribution in [-0.4, -0.2) is 162 Å². The third kappa shape index (κ3) is 13.8. The van der Waals surface area contributed by atoms with Gasteiger partial charge in [0.15, 0.2) is 22.7 Å². The van der Waals surface area contributed by atoms with Gasteiger partial charge in [-0.2, -0.15) is 36.5 Å². The van der Waals surface area contributed by atoms with Gasteiger partial charge in [0.2, 0.25) is 0 Å². The number of carbonyl (C=O) groups is 2. The maximum absolute atomic E-state index is 14.3. The number of benzene rings is 4. The van der Waals surface area contributed by atoms with Gasteiger partial charge in [0.25, 0.3) is 11.8 Å². The van der Waals surface area contributed by atoms with E-state index in [0.717, 1.165) is 24.5 Å². The molecule has 10 rings (SSSR count). The van der Waals surface area contributed by atoms with Gasteiger partial charge in [-0.3, -0.25) is 19.4 Å². The number of carbonyl (C=O) groups excluding carboxylic acids is 2. The van der Waals surface area contributed by atoms with Gasteiger partial charge in [0, 0.05) is 84.7 Å². The highest BCUT2D eigenvalue weighted by atomic mass is 19.4. The van der Waals surface area contributed by atoms with Crippen LogP contribution in [0.3, 0.4) is 0 Å². The van der Waals surface area contributed by atoms with Gasteiger partial charge in [-0.05, 0) is 88.4 Å². The van der Waals surface area contributed by atoms with Crippen molar-refractivity contribution in [3.63, 3.8) is 0 Å². The molecule has 4 atom stereocenters. The average Bonchev–Trinajstić information content (AvgIpc) is 1.61. The molecule has 8 aromatic rings. The Morgan fingerprint density at radius 2 is 0.878 bits per heavy atom. The van der Waals surface area contributed by atoms with E-state index in [2.05, 4.69) is 29.6 Å². The Hall–Kier alpha value is -8.74. The van der Waals surface area contributed by atoms with Crippen LogP contribution < -0.4 is 18.9 Å². The predicted octanol–water partition coefficient (Wildman–Crippen LogP) is 11.0. The Kier molecular flexibility index (Phi) is 19.0. The second-order valence-corrected chi connectivity index (χ2v) is 21.2. The van der Waals surface area contributed by atoms with Crippen molar-refractivity contribution in [3.05, 3.63) is 154 Å². The Balaban J connectivity index is 0.000000213. The van der Waals surface area contributed by atoms with Gasteiger partial charge in [-0.1, -0.05) is 36.4 Å². The first kappa shape index (κ1) is 65.7. The zero-order valence-corrected chi connectivity index (χ0v) is 48.7. The molecule has 90 heavy (non-hydrogen) atoms. The lowest BCUT2D eigenvalue weighted by Crippen LogP contribution is -2.55. The van der Waals surface area contributed by atoms with Gasteiger partial charge in [-0.15, -0.1) is 26.3 Å². The summed E-state index contributed by atoms with van der Waals surface area (Å²) >= 11 is 0. The van der Waals surface area contributed by atoms with Crippen LogP contribution in [0.1, 0.15) is 80.3 Å². The monoisotopic (exact) mass is 1270 g/mol. The lowest BCUT2D eigenvalue weighted by molar-refractivity contribution is -0.276. The molecular weight excluding hydrogens is 1220 g/mol. The normalized spacial score (nSPS) is 17.0. The summed E-state index contributed by atoms with van der Waals surface area (Å²) < 4.78 is 184. The molecule has 0 unspecified atom stereocenters. The van der Waals surface area contributed by atoms with Crippen molar-refractivity contribution in [2.24, 2.45) is 0 Å². The zero-order valence-electron chi connectivity index (χ0n) is 48.7. The van der Waals surface area contributed by atoms with E-state index >= 15 is 0 Å². The molecule has 2 N–H and O–H groups in total. The van der Waals surface area contributed by atoms with Gasteiger partial charge in [0.05, 0.1) is 63.3 Å². The maximum atomic E-state index is 14.3. The van der Waals surface area contributed by atoms with Crippen LogP contribution >= 0.6 is 0 Å². The second-order valence-electron chi connectivity index (χ2n) is 21.2. The van der Waals surface area contributed by atoms with E-state index in [9.17, 15) is 72.5 Å². The fourth-order valence-electron chi connectivity index (χ4n) is 11.4. The number of amides is 2. The average molecular weight is 1280 g/mol. The van der Waals surface area contributed by atoms with E-state index in [1.54, 1.807) is 72.2 Å². The first-order chi connectivity index (χ1) is 42.5. The molecular formula is C60H58F12N10O8. The number of methoxy groups -OCH3 is 2. The van der Waals surface area contributed by atoms with E-state index in [4.69, 9.17) is 9.47 Å². The van der Waals surface area contributed by atoms with Crippen LogP contribution in [0.5, 0.6) is 23.0 Å². The van der Waals surface area contributed by atoms with Crippen LogP contribution in [0.15, 0.2) is 109 Å². The van der Waals surface area contributed by atoms with Crippen molar-refractivity contribution in [2.45, 2.75) is 76.9 Å². The molecule has 2 saturated heterocycles. The minimum atomic E-state index is -4.94. The third-order valence-corrected chi connectivity index (χ3v) is 15.6. The number of aromatic nitrogens is 6. The summed E-state index contributed by atoms with van der Waals surface area (Å²) in [5.74, 6) is -1.11. The van der Waals surface area contributed by atoms with Crippen molar-refractivity contribution < 1.29 is 91.4 Å². The molecule has 4 aromatic carbocycles. The van der Waals surface area contributed by atoms with Crippen molar-refractivity contribution in [2.75, 3.05) is 66.7 Å². The number of para-hydroxylation sites is 2. The molecule has 18 nitrogen and oxygen atoms in total. The molecule has 6 heterocycles. The first-order valence-corrected chi connectivity index (χ1v) is 27.7. The number of rotatable bonds is 14.